The third-order valence-corrected chi connectivity index (χ3v) is 1.49. The molecule has 1 aromatic heterocycles. The zero-order chi connectivity index (χ0) is 9.68. The Morgan fingerprint density at radius 2 is 2.07 bits per heavy atom. The third kappa shape index (κ3) is 6.28. The smallest absolute Gasteiger partial charge is 0.239 e. The van der Waals surface area contributed by atoms with E-state index >= 15 is 0 Å². The van der Waals surface area contributed by atoms with Gasteiger partial charge in [-0.3, -0.25) is 4.79 Å². The number of hydrogen-bond donors (Lipinski definition) is 2. The molecule has 6 heteroatoms. The maximum absolute atomic E-state index is 11.1. The van der Waals surface area contributed by atoms with E-state index in [4.69, 9.17) is 0 Å². The van der Waals surface area contributed by atoms with E-state index in [0.29, 0.717) is 12.4 Å². The van der Waals surface area contributed by atoms with Crippen molar-refractivity contribution in [3.05, 3.63) is 23.9 Å². The van der Waals surface area contributed by atoms with Crippen LogP contribution in [-0.4, -0.2) is 24.5 Å². The molecule has 0 spiro atoms. The molecule has 0 unspecified atom stereocenters. The molecule has 2 N–H and O–H groups in total. The lowest BCUT2D eigenvalue weighted by molar-refractivity contribution is -0.115. The van der Waals surface area contributed by atoms with E-state index in [2.05, 4.69) is 15.6 Å². The van der Waals surface area contributed by atoms with E-state index in [-0.39, 0.29) is 30.7 Å². The maximum Gasteiger partial charge on any atom is 0.239 e. The maximum atomic E-state index is 11.1. The van der Waals surface area contributed by atoms with Crippen molar-refractivity contribution in [2.75, 3.05) is 18.9 Å². The van der Waals surface area contributed by atoms with E-state index in [1.165, 1.54) is 0 Å². The van der Waals surface area contributed by atoms with Crippen molar-refractivity contribution in [2.24, 2.45) is 0 Å². The summed E-state index contributed by atoms with van der Waals surface area (Å²) in [6, 6.07) is 5.51. The average Bonchev–Trinajstić information content (AvgIpc) is 2.04. The zero-order valence-corrected chi connectivity index (χ0v) is 10.2. The summed E-state index contributed by atoms with van der Waals surface area (Å²) in [5.41, 5.74) is 0.891. The number of carbonyl (C=O) groups is 1. The Balaban J connectivity index is 0. The van der Waals surface area contributed by atoms with Gasteiger partial charge in [0.25, 0.3) is 0 Å². The van der Waals surface area contributed by atoms with Crippen LogP contribution in [0.5, 0.6) is 0 Å². The molecule has 0 bridgehead atoms. The summed E-state index contributed by atoms with van der Waals surface area (Å²) < 4.78 is 0. The molecule has 1 heterocycles. The highest BCUT2D eigenvalue weighted by molar-refractivity contribution is 5.91. The first-order valence-corrected chi connectivity index (χ1v) is 4.10. The second-order valence-corrected chi connectivity index (χ2v) is 2.74. The fourth-order valence-electron chi connectivity index (χ4n) is 0.960. The number of rotatable bonds is 3. The van der Waals surface area contributed by atoms with Crippen molar-refractivity contribution < 1.29 is 4.79 Å². The van der Waals surface area contributed by atoms with Gasteiger partial charge in [0.15, 0.2) is 0 Å². The SMILES string of the molecule is CNCC(=O)Nc1cccc(C)n1.Cl.Cl. The first-order valence-electron chi connectivity index (χ1n) is 4.10. The minimum atomic E-state index is -0.0828. The number of likely N-dealkylation sites (N-methyl/N-ethyl adjacent to an activating group) is 1. The predicted molar refractivity (Wildman–Crippen MR) is 66.0 cm³/mol. The molecule has 0 radical (unpaired) electrons. The van der Waals surface area contributed by atoms with Crippen LogP contribution in [0.15, 0.2) is 18.2 Å². The second kappa shape index (κ2) is 8.47. The van der Waals surface area contributed by atoms with Gasteiger partial charge in [0.2, 0.25) is 5.91 Å². The van der Waals surface area contributed by atoms with E-state index < -0.39 is 0 Å². The van der Waals surface area contributed by atoms with Crippen molar-refractivity contribution in [3.8, 4) is 0 Å². The highest BCUT2D eigenvalue weighted by Gasteiger charge is 2.00. The van der Waals surface area contributed by atoms with Gasteiger partial charge in [-0.05, 0) is 26.1 Å². The van der Waals surface area contributed by atoms with Gasteiger partial charge < -0.3 is 10.6 Å². The second-order valence-electron chi connectivity index (χ2n) is 2.74. The molecular weight excluding hydrogens is 237 g/mol. The fraction of sp³-hybridized carbons (Fsp3) is 0.333. The number of pyridine rings is 1. The fourth-order valence-corrected chi connectivity index (χ4v) is 0.960. The van der Waals surface area contributed by atoms with E-state index in [0.717, 1.165) is 5.69 Å². The van der Waals surface area contributed by atoms with Crippen LogP contribution >= 0.6 is 24.8 Å². The summed E-state index contributed by atoms with van der Waals surface area (Å²) in [6.45, 7) is 2.18. The molecule has 0 fully saturated rings. The van der Waals surface area contributed by atoms with Crippen molar-refractivity contribution in [1.82, 2.24) is 10.3 Å². The van der Waals surface area contributed by atoms with Gasteiger partial charge in [-0.25, -0.2) is 4.98 Å². The van der Waals surface area contributed by atoms with Crippen LogP contribution in [-0.2, 0) is 4.79 Å². The van der Waals surface area contributed by atoms with Gasteiger partial charge in [-0.1, -0.05) is 6.07 Å². The van der Waals surface area contributed by atoms with Gasteiger partial charge in [0.1, 0.15) is 5.82 Å². The van der Waals surface area contributed by atoms with Gasteiger partial charge >= 0.3 is 0 Å². The number of aryl methyl sites for hydroxylation is 1. The minimum Gasteiger partial charge on any atom is -0.311 e. The summed E-state index contributed by atoms with van der Waals surface area (Å²) in [5.74, 6) is 0.515. The topological polar surface area (TPSA) is 54.0 Å². The number of anilines is 1. The number of nitrogens with zero attached hydrogens (tertiary/aromatic N) is 1. The standard InChI is InChI=1S/C9H13N3O.2ClH/c1-7-4-3-5-8(11-7)12-9(13)6-10-2;;/h3-5,10H,6H2,1-2H3,(H,11,12,13);2*1H. The normalized spacial score (nSPS) is 8.40. The van der Waals surface area contributed by atoms with E-state index in [1.807, 2.05) is 19.1 Å². The van der Waals surface area contributed by atoms with Crippen molar-refractivity contribution in [1.29, 1.82) is 0 Å². The molecule has 0 aliphatic rings. The molecule has 4 nitrogen and oxygen atoms in total. The molecular formula is C9H15Cl2N3O. The lowest BCUT2D eigenvalue weighted by Gasteiger charge is -2.03. The molecule has 0 aliphatic carbocycles. The molecule has 0 atom stereocenters. The lowest BCUT2D eigenvalue weighted by Crippen LogP contribution is -2.25. The Hall–Kier alpha value is -0.840. The Labute approximate surface area is 102 Å². The molecule has 86 valence electrons. The Kier molecular flexibility index (Phi) is 9.36. The number of nitrogens with one attached hydrogen (secondary N) is 2. The van der Waals surface area contributed by atoms with Crippen LogP contribution < -0.4 is 10.6 Å². The molecule has 0 aliphatic heterocycles. The zero-order valence-electron chi connectivity index (χ0n) is 8.61. The van der Waals surface area contributed by atoms with E-state index in [9.17, 15) is 4.79 Å². The largest absolute Gasteiger partial charge is 0.311 e. The first-order chi connectivity index (χ1) is 6.22. The average molecular weight is 252 g/mol. The molecule has 1 rings (SSSR count). The van der Waals surface area contributed by atoms with Crippen LogP contribution in [0.1, 0.15) is 5.69 Å². The highest BCUT2D eigenvalue weighted by Crippen LogP contribution is 2.02. The first kappa shape index (κ1) is 16.6. The number of halogens is 2. The van der Waals surface area contributed by atoms with Crippen LogP contribution in [0.3, 0.4) is 0 Å². The Morgan fingerprint density at radius 3 is 2.60 bits per heavy atom. The van der Waals surface area contributed by atoms with Crippen LogP contribution in [0.2, 0.25) is 0 Å². The minimum absolute atomic E-state index is 0. The van der Waals surface area contributed by atoms with Crippen LogP contribution in [0.4, 0.5) is 5.82 Å². The Morgan fingerprint density at radius 1 is 1.40 bits per heavy atom. The number of carbonyl (C=O) groups excluding carboxylic acids is 1. The predicted octanol–water partition coefficient (Wildman–Crippen LogP) is 1.39. The van der Waals surface area contributed by atoms with Crippen LogP contribution in [0.25, 0.3) is 0 Å². The van der Waals surface area contributed by atoms with Gasteiger partial charge in [0, 0.05) is 5.69 Å². The summed E-state index contributed by atoms with van der Waals surface area (Å²) in [5, 5.41) is 5.43. The molecule has 0 saturated carbocycles. The summed E-state index contributed by atoms with van der Waals surface area (Å²) >= 11 is 0. The summed E-state index contributed by atoms with van der Waals surface area (Å²) in [4.78, 5) is 15.2. The number of aromatic nitrogens is 1. The van der Waals surface area contributed by atoms with Crippen molar-refractivity contribution in [2.45, 2.75) is 6.92 Å². The molecule has 1 aromatic rings. The Bertz CT molecular complexity index is 307. The molecule has 0 saturated heterocycles. The van der Waals surface area contributed by atoms with Gasteiger partial charge in [-0.15, -0.1) is 24.8 Å². The number of hydrogen-bond acceptors (Lipinski definition) is 3. The van der Waals surface area contributed by atoms with Crippen molar-refractivity contribution in [3.63, 3.8) is 0 Å². The molecule has 15 heavy (non-hydrogen) atoms. The van der Waals surface area contributed by atoms with Gasteiger partial charge in [-0.2, -0.15) is 0 Å². The van der Waals surface area contributed by atoms with E-state index in [1.54, 1.807) is 13.1 Å². The molecule has 0 aromatic carbocycles. The third-order valence-electron chi connectivity index (χ3n) is 1.49. The highest BCUT2D eigenvalue weighted by atomic mass is 35.5. The monoisotopic (exact) mass is 251 g/mol. The summed E-state index contributed by atoms with van der Waals surface area (Å²) in [7, 11) is 1.73. The van der Waals surface area contributed by atoms with Crippen molar-refractivity contribution >= 4 is 36.5 Å². The number of amides is 1. The quantitative estimate of drug-likeness (QED) is 0.854. The summed E-state index contributed by atoms with van der Waals surface area (Å²) in [6.07, 6.45) is 0. The van der Waals surface area contributed by atoms with Crippen LogP contribution in [0, 0.1) is 6.92 Å². The lowest BCUT2D eigenvalue weighted by atomic mass is 10.4. The van der Waals surface area contributed by atoms with Gasteiger partial charge in [0.05, 0.1) is 6.54 Å². The molecule has 1 amide bonds.